The number of hydrogen-bond donors (Lipinski definition) is 2. The molecule has 0 atom stereocenters. The van der Waals surface area contributed by atoms with E-state index in [4.69, 9.17) is 16.7 Å². The Hall–Kier alpha value is -2.54. The summed E-state index contributed by atoms with van der Waals surface area (Å²) in [5.74, 6) is -5.14. The lowest BCUT2D eigenvalue weighted by molar-refractivity contribution is 0.0691. The Kier molecular flexibility index (Phi) is 4.13. The van der Waals surface area contributed by atoms with E-state index in [-0.39, 0.29) is 5.82 Å². The maximum Gasteiger partial charge on any atom is 0.336 e. The minimum Gasteiger partial charge on any atom is -0.478 e. The first-order valence-corrected chi connectivity index (χ1v) is 5.91. The molecule has 1 heterocycles. The molecule has 0 saturated heterocycles. The molecule has 0 unspecified atom stereocenters. The smallest absolute Gasteiger partial charge is 0.336 e. The summed E-state index contributed by atoms with van der Waals surface area (Å²) in [6.07, 6.45) is 1.32. The number of nitrogens with zero attached hydrogens (tertiary/aromatic N) is 1. The summed E-state index contributed by atoms with van der Waals surface area (Å²) in [5.41, 5.74) is -1.18. The molecule has 0 fully saturated rings. The fourth-order valence-corrected chi connectivity index (χ4v) is 1.73. The zero-order valence-corrected chi connectivity index (χ0v) is 11.0. The number of aromatic nitrogens is 1. The molecule has 0 spiro atoms. The number of carbonyl (C=O) groups is 2. The molecule has 0 aliphatic rings. The van der Waals surface area contributed by atoms with E-state index >= 15 is 0 Å². The van der Waals surface area contributed by atoms with Crippen LogP contribution < -0.4 is 5.32 Å². The average Bonchev–Trinajstić information content (AvgIpc) is 2.41. The highest BCUT2D eigenvalue weighted by molar-refractivity contribution is 6.30. The van der Waals surface area contributed by atoms with Gasteiger partial charge in [-0.1, -0.05) is 11.6 Å². The van der Waals surface area contributed by atoms with Crippen molar-refractivity contribution in [2.75, 3.05) is 5.32 Å². The maximum atomic E-state index is 13.2. The number of aromatic carboxylic acids is 1. The standard InChI is InChI=1S/C13H7ClF2N2O3/c14-6-1-2-17-11(3-6)18-12(19)7-4-9(15)10(16)5-8(7)13(20)21/h1-5H,(H,20,21)(H,17,18,19). The van der Waals surface area contributed by atoms with Crippen LogP contribution in [0, 0.1) is 11.6 Å². The summed E-state index contributed by atoms with van der Waals surface area (Å²) in [5, 5.41) is 11.5. The van der Waals surface area contributed by atoms with Crippen molar-refractivity contribution >= 4 is 29.3 Å². The van der Waals surface area contributed by atoms with Gasteiger partial charge in [0.1, 0.15) is 5.82 Å². The van der Waals surface area contributed by atoms with Crippen molar-refractivity contribution in [1.82, 2.24) is 4.98 Å². The van der Waals surface area contributed by atoms with Gasteiger partial charge in [0.25, 0.3) is 5.91 Å². The maximum absolute atomic E-state index is 13.2. The van der Waals surface area contributed by atoms with Gasteiger partial charge in [0, 0.05) is 11.2 Å². The van der Waals surface area contributed by atoms with E-state index in [2.05, 4.69) is 10.3 Å². The molecule has 108 valence electrons. The molecule has 0 aliphatic heterocycles. The summed E-state index contributed by atoms with van der Waals surface area (Å²) in [6, 6.07) is 3.74. The van der Waals surface area contributed by atoms with Gasteiger partial charge in [-0.3, -0.25) is 4.79 Å². The molecule has 0 aliphatic carbocycles. The molecule has 2 N–H and O–H groups in total. The van der Waals surface area contributed by atoms with Crippen molar-refractivity contribution in [3.05, 3.63) is 58.2 Å². The molecule has 2 rings (SSSR count). The second-order valence-corrected chi connectivity index (χ2v) is 4.37. The van der Waals surface area contributed by atoms with Crippen molar-refractivity contribution in [2.45, 2.75) is 0 Å². The molecule has 21 heavy (non-hydrogen) atoms. The van der Waals surface area contributed by atoms with Crippen LogP contribution in [0.2, 0.25) is 5.02 Å². The van der Waals surface area contributed by atoms with E-state index in [0.29, 0.717) is 17.2 Å². The van der Waals surface area contributed by atoms with Crippen molar-refractivity contribution < 1.29 is 23.5 Å². The Bertz CT molecular complexity index is 737. The minimum absolute atomic E-state index is 0.0496. The molecule has 0 radical (unpaired) electrons. The SMILES string of the molecule is O=C(O)c1cc(F)c(F)cc1C(=O)Nc1cc(Cl)ccn1. The largest absolute Gasteiger partial charge is 0.478 e. The topological polar surface area (TPSA) is 79.3 Å². The Morgan fingerprint density at radius 1 is 1.14 bits per heavy atom. The van der Waals surface area contributed by atoms with Crippen molar-refractivity contribution in [2.24, 2.45) is 0 Å². The van der Waals surface area contributed by atoms with E-state index < -0.39 is 34.6 Å². The third-order valence-corrected chi connectivity index (χ3v) is 2.73. The average molecular weight is 313 g/mol. The lowest BCUT2D eigenvalue weighted by atomic mass is 10.1. The highest BCUT2D eigenvalue weighted by Gasteiger charge is 2.20. The summed E-state index contributed by atoms with van der Waals surface area (Å²) in [7, 11) is 0. The number of hydrogen-bond acceptors (Lipinski definition) is 3. The molecule has 0 bridgehead atoms. The molecule has 1 amide bonds. The molecular formula is C13H7ClF2N2O3. The summed E-state index contributed by atoms with van der Waals surface area (Å²) >= 11 is 5.71. The first kappa shape index (κ1) is 14.9. The van der Waals surface area contributed by atoms with E-state index in [1.165, 1.54) is 18.3 Å². The summed E-state index contributed by atoms with van der Waals surface area (Å²) in [6.45, 7) is 0. The van der Waals surface area contributed by atoms with Gasteiger partial charge >= 0.3 is 5.97 Å². The third-order valence-electron chi connectivity index (χ3n) is 2.50. The molecule has 2 aromatic rings. The van der Waals surface area contributed by atoms with Crippen LogP contribution in [0.25, 0.3) is 0 Å². The fourth-order valence-electron chi connectivity index (χ4n) is 1.57. The van der Waals surface area contributed by atoms with Gasteiger partial charge in [0.05, 0.1) is 11.1 Å². The van der Waals surface area contributed by atoms with Gasteiger partial charge in [-0.2, -0.15) is 0 Å². The van der Waals surface area contributed by atoms with Crippen molar-refractivity contribution in [1.29, 1.82) is 0 Å². The van der Waals surface area contributed by atoms with Gasteiger partial charge in [-0.15, -0.1) is 0 Å². The Labute approximate surface area is 122 Å². The van der Waals surface area contributed by atoms with Crippen LogP contribution in [0.3, 0.4) is 0 Å². The molecule has 1 aromatic carbocycles. The van der Waals surface area contributed by atoms with Crippen molar-refractivity contribution in [3.8, 4) is 0 Å². The van der Waals surface area contributed by atoms with Crippen LogP contribution in [0.15, 0.2) is 30.5 Å². The minimum atomic E-state index is -1.56. The van der Waals surface area contributed by atoms with Crippen LogP contribution in [0.4, 0.5) is 14.6 Å². The van der Waals surface area contributed by atoms with Gasteiger partial charge in [-0.05, 0) is 24.3 Å². The number of carbonyl (C=O) groups excluding carboxylic acids is 1. The van der Waals surface area contributed by atoms with E-state index in [9.17, 15) is 18.4 Å². The van der Waals surface area contributed by atoms with Crippen LogP contribution in [0.5, 0.6) is 0 Å². The molecule has 8 heteroatoms. The zero-order valence-electron chi connectivity index (χ0n) is 10.2. The van der Waals surface area contributed by atoms with Crippen LogP contribution >= 0.6 is 11.6 Å². The molecule has 0 saturated carbocycles. The number of benzene rings is 1. The molecule has 5 nitrogen and oxygen atoms in total. The van der Waals surface area contributed by atoms with E-state index in [1.54, 1.807) is 0 Å². The Morgan fingerprint density at radius 2 is 1.76 bits per heavy atom. The summed E-state index contributed by atoms with van der Waals surface area (Å²) < 4.78 is 26.3. The van der Waals surface area contributed by atoms with Gasteiger partial charge < -0.3 is 10.4 Å². The number of pyridine rings is 1. The number of amides is 1. The number of carboxylic acids is 1. The third kappa shape index (κ3) is 3.32. The highest BCUT2D eigenvalue weighted by atomic mass is 35.5. The van der Waals surface area contributed by atoms with Gasteiger partial charge in [-0.25, -0.2) is 18.6 Å². The normalized spacial score (nSPS) is 10.2. The number of halogens is 3. The lowest BCUT2D eigenvalue weighted by Crippen LogP contribution is -2.18. The predicted octanol–water partition coefficient (Wildman–Crippen LogP) is 2.96. The van der Waals surface area contributed by atoms with Crippen molar-refractivity contribution in [3.63, 3.8) is 0 Å². The second-order valence-electron chi connectivity index (χ2n) is 3.93. The van der Waals surface area contributed by atoms with Crippen LogP contribution in [-0.4, -0.2) is 22.0 Å². The Morgan fingerprint density at radius 3 is 2.33 bits per heavy atom. The second kappa shape index (κ2) is 5.84. The fraction of sp³-hybridized carbons (Fsp3) is 0. The Balaban J connectivity index is 2.39. The quantitative estimate of drug-likeness (QED) is 0.913. The number of anilines is 1. The van der Waals surface area contributed by atoms with Crippen LogP contribution in [-0.2, 0) is 0 Å². The van der Waals surface area contributed by atoms with Crippen LogP contribution in [0.1, 0.15) is 20.7 Å². The molecule has 1 aromatic heterocycles. The number of nitrogens with one attached hydrogen (secondary N) is 1. The monoisotopic (exact) mass is 312 g/mol. The number of rotatable bonds is 3. The highest BCUT2D eigenvalue weighted by Crippen LogP contribution is 2.18. The number of carboxylic acid groups (broad SMARTS) is 1. The molecular weight excluding hydrogens is 306 g/mol. The predicted molar refractivity (Wildman–Crippen MR) is 70.5 cm³/mol. The lowest BCUT2D eigenvalue weighted by Gasteiger charge is -2.08. The zero-order chi connectivity index (χ0) is 15.6. The first-order chi connectivity index (χ1) is 9.88. The first-order valence-electron chi connectivity index (χ1n) is 5.53. The van der Waals surface area contributed by atoms with Gasteiger partial charge in [0.15, 0.2) is 11.6 Å². The van der Waals surface area contributed by atoms with Gasteiger partial charge in [0.2, 0.25) is 0 Å². The summed E-state index contributed by atoms with van der Waals surface area (Å²) in [4.78, 5) is 26.7. The van der Waals surface area contributed by atoms with E-state index in [1.807, 2.05) is 0 Å². The van der Waals surface area contributed by atoms with E-state index in [0.717, 1.165) is 0 Å².